The first-order valence-corrected chi connectivity index (χ1v) is 7.07. The first kappa shape index (κ1) is 13.5. The predicted octanol–water partition coefficient (Wildman–Crippen LogP) is 5.25. The Morgan fingerprint density at radius 3 is 2.55 bits per heavy atom. The second-order valence-electron chi connectivity index (χ2n) is 4.00. The lowest BCUT2D eigenvalue weighted by Crippen LogP contribution is -1.88. The molecule has 1 aromatic carbocycles. The third kappa shape index (κ3) is 2.32. The first-order chi connectivity index (χ1) is 9.56. The van der Waals surface area contributed by atoms with Crippen molar-refractivity contribution in [2.75, 3.05) is 5.73 Å². The molecule has 2 N–H and O–H groups in total. The molecular formula is C13H7BrCl2N2O2. The van der Waals surface area contributed by atoms with Crippen molar-refractivity contribution in [2.45, 2.75) is 0 Å². The summed E-state index contributed by atoms with van der Waals surface area (Å²) >= 11 is 15.2. The fourth-order valence-electron chi connectivity index (χ4n) is 1.84. The Hall–Kier alpha value is -1.43. The van der Waals surface area contributed by atoms with Gasteiger partial charge in [0.25, 0.3) is 0 Å². The van der Waals surface area contributed by atoms with E-state index in [0.717, 1.165) is 5.56 Å². The van der Waals surface area contributed by atoms with E-state index in [1.54, 1.807) is 30.3 Å². The topological polar surface area (TPSA) is 65.2 Å². The molecule has 0 fully saturated rings. The molecule has 0 bridgehead atoms. The summed E-state index contributed by atoms with van der Waals surface area (Å²) in [5, 5.41) is 4.67. The van der Waals surface area contributed by atoms with E-state index in [0.29, 0.717) is 31.8 Å². The van der Waals surface area contributed by atoms with Gasteiger partial charge in [-0.2, -0.15) is 0 Å². The van der Waals surface area contributed by atoms with Gasteiger partial charge in [-0.05, 0) is 45.8 Å². The van der Waals surface area contributed by atoms with Crippen LogP contribution < -0.4 is 5.73 Å². The molecule has 2 heterocycles. The van der Waals surface area contributed by atoms with Gasteiger partial charge in [0.1, 0.15) is 0 Å². The van der Waals surface area contributed by atoms with Gasteiger partial charge in [0, 0.05) is 0 Å². The highest BCUT2D eigenvalue weighted by atomic mass is 79.9. The van der Waals surface area contributed by atoms with Gasteiger partial charge in [-0.1, -0.05) is 34.4 Å². The van der Waals surface area contributed by atoms with Crippen molar-refractivity contribution < 1.29 is 8.94 Å². The maximum absolute atomic E-state index is 6.03. The summed E-state index contributed by atoms with van der Waals surface area (Å²) in [7, 11) is 0. The number of furan rings is 1. The van der Waals surface area contributed by atoms with Gasteiger partial charge in [0.15, 0.2) is 16.2 Å². The summed E-state index contributed by atoms with van der Waals surface area (Å²) in [6, 6.07) is 8.69. The number of nitrogens with two attached hydrogens (primary N) is 1. The van der Waals surface area contributed by atoms with Crippen LogP contribution in [0.2, 0.25) is 10.0 Å². The normalized spacial score (nSPS) is 10.9. The number of aromatic nitrogens is 1. The average Bonchev–Trinajstić information content (AvgIpc) is 2.99. The standard InChI is InChI=1S/C13H7BrCl2N2O2/c14-10-4-3-9(19-10)12-11(13(17)18-20-12)6-1-2-7(15)8(16)5-6/h1-5H,(H2,17,18). The number of benzene rings is 1. The number of halogens is 3. The maximum Gasteiger partial charge on any atom is 0.212 e. The molecule has 0 amide bonds. The van der Waals surface area contributed by atoms with Crippen molar-refractivity contribution in [3.05, 3.63) is 45.0 Å². The molecule has 7 heteroatoms. The monoisotopic (exact) mass is 372 g/mol. The minimum Gasteiger partial charge on any atom is -0.446 e. The molecule has 0 aliphatic heterocycles. The van der Waals surface area contributed by atoms with E-state index in [1.165, 1.54) is 0 Å². The number of nitrogens with zero attached hydrogens (tertiary/aromatic N) is 1. The third-order valence-electron chi connectivity index (χ3n) is 2.72. The molecular weight excluding hydrogens is 367 g/mol. The van der Waals surface area contributed by atoms with Crippen molar-refractivity contribution in [1.82, 2.24) is 5.16 Å². The van der Waals surface area contributed by atoms with Crippen molar-refractivity contribution in [3.8, 4) is 22.6 Å². The Morgan fingerprint density at radius 1 is 1.10 bits per heavy atom. The van der Waals surface area contributed by atoms with Gasteiger partial charge in [-0.15, -0.1) is 0 Å². The van der Waals surface area contributed by atoms with Crippen LogP contribution in [0.4, 0.5) is 5.82 Å². The van der Waals surface area contributed by atoms with Gasteiger partial charge in [0.05, 0.1) is 15.6 Å². The van der Waals surface area contributed by atoms with E-state index < -0.39 is 0 Å². The van der Waals surface area contributed by atoms with Crippen LogP contribution in [0.15, 0.2) is 43.9 Å². The van der Waals surface area contributed by atoms with E-state index in [2.05, 4.69) is 21.1 Å². The molecule has 3 aromatic rings. The summed E-state index contributed by atoms with van der Waals surface area (Å²) in [6.45, 7) is 0. The quantitative estimate of drug-likeness (QED) is 0.665. The van der Waals surface area contributed by atoms with E-state index in [1.807, 2.05) is 0 Å². The Balaban J connectivity index is 2.18. The van der Waals surface area contributed by atoms with Crippen LogP contribution in [-0.4, -0.2) is 5.16 Å². The zero-order chi connectivity index (χ0) is 14.3. The fourth-order valence-corrected chi connectivity index (χ4v) is 2.44. The van der Waals surface area contributed by atoms with Crippen LogP contribution >= 0.6 is 39.1 Å². The number of rotatable bonds is 2. The van der Waals surface area contributed by atoms with Gasteiger partial charge >= 0.3 is 0 Å². The van der Waals surface area contributed by atoms with Gasteiger partial charge in [-0.25, -0.2) is 0 Å². The molecule has 0 aliphatic rings. The summed E-state index contributed by atoms with van der Waals surface area (Å²) in [5.41, 5.74) is 7.24. The first-order valence-electron chi connectivity index (χ1n) is 5.52. The van der Waals surface area contributed by atoms with Crippen molar-refractivity contribution in [3.63, 3.8) is 0 Å². The molecule has 102 valence electrons. The molecule has 0 saturated carbocycles. The number of anilines is 1. The molecule has 20 heavy (non-hydrogen) atoms. The lowest BCUT2D eigenvalue weighted by atomic mass is 10.0. The lowest BCUT2D eigenvalue weighted by molar-refractivity contribution is 0.419. The highest BCUT2D eigenvalue weighted by molar-refractivity contribution is 9.10. The summed E-state index contributed by atoms with van der Waals surface area (Å²) in [4.78, 5) is 0. The fraction of sp³-hybridized carbons (Fsp3) is 0. The molecule has 3 rings (SSSR count). The average molecular weight is 374 g/mol. The minimum atomic E-state index is 0.255. The minimum absolute atomic E-state index is 0.255. The highest BCUT2D eigenvalue weighted by Crippen LogP contribution is 2.39. The highest BCUT2D eigenvalue weighted by Gasteiger charge is 2.20. The van der Waals surface area contributed by atoms with Gasteiger partial charge in [-0.3, -0.25) is 0 Å². The van der Waals surface area contributed by atoms with Crippen LogP contribution in [0.1, 0.15) is 0 Å². The van der Waals surface area contributed by atoms with Crippen molar-refractivity contribution in [2.24, 2.45) is 0 Å². The summed E-state index contributed by atoms with van der Waals surface area (Å²) in [5.74, 6) is 1.21. The Morgan fingerprint density at radius 2 is 1.90 bits per heavy atom. The van der Waals surface area contributed by atoms with E-state index in [9.17, 15) is 0 Å². The largest absolute Gasteiger partial charge is 0.446 e. The number of hydrogen-bond donors (Lipinski definition) is 1. The predicted molar refractivity (Wildman–Crippen MR) is 81.8 cm³/mol. The SMILES string of the molecule is Nc1noc(-c2ccc(Br)o2)c1-c1ccc(Cl)c(Cl)c1. The number of hydrogen-bond acceptors (Lipinski definition) is 4. The Bertz CT molecular complexity index is 783. The van der Waals surface area contributed by atoms with Crippen molar-refractivity contribution in [1.29, 1.82) is 0 Å². The van der Waals surface area contributed by atoms with Gasteiger partial charge in [0.2, 0.25) is 5.76 Å². The van der Waals surface area contributed by atoms with Crippen LogP contribution in [0.3, 0.4) is 0 Å². The summed E-state index contributed by atoms with van der Waals surface area (Å²) < 4.78 is 11.3. The van der Waals surface area contributed by atoms with Crippen LogP contribution in [0.25, 0.3) is 22.6 Å². The zero-order valence-corrected chi connectivity index (χ0v) is 13.0. The zero-order valence-electron chi connectivity index (χ0n) is 9.86. The van der Waals surface area contributed by atoms with Crippen LogP contribution in [0.5, 0.6) is 0 Å². The molecule has 4 nitrogen and oxygen atoms in total. The smallest absolute Gasteiger partial charge is 0.212 e. The van der Waals surface area contributed by atoms with Gasteiger partial charge < -0.3 is 14.7 Å². The van der Waals surface area contributed by atoms with E-state index in [4.69, 9.17) is 37.9 Å². The van der Waals surface area contributed by atoms with Crippen LogP contribution in [0, 0.1) is 0 Å². The second kappa shape index (κ2) is 5.16. The second-order valence-corrected chi connectivity index (χ2v) is 5.60. The summed E-state index contributed by atoms with van der Waals surface area (Å²) in [6.07, 6.45) is 0. The molecule has 0 radical (unpaired) electrons. The van der Waals surface area contributed by atoms with Crippen LogP contribution in [-0.2, 0) is 0 Å². The maximum atomic E-state index is 6.03. The molecule has 0 aliphatic carbocycles. The Labute approximate surface area is 132 Å². The third-order valence-corrected chi connectivity index (χ3v) is 3.89. The lowest BCUT2D eigenvalue weighted by Gasteiger charge is -2.03. The molecule has 0 saturated heterocycles. The van der Waals surface area contributed by atoms with E-state index >= 15 is 0 Å². The number of nitrogen functional groups attached to an aromatic ring is 1. The molecule has 0 atom stereocenters. The van der Waals surface area contributed by atoms with Crippen molar-refractivity contribution >= 4 is 44.9 Å². The van der Waals surface area contributed by atoms with E-state index in [-0.39, 0.29) is 5.82 Å². The molecule has 0 spiro atoms. The molecule has 0 unspecified atom stereocenters. The molecule has 2 aromatic heterocycles. The Kier molecular flexibility index (Phi) is 3.50.